The SMILES string of the molecule is CCCOc1ccc2c(=O)c3ccccc3oc2c1. The van der Waals surface area contributed by atoms with Crippen molar-refractivity contribution in [1.29, 1.82) is 0 Å². The number of para-hydroxylation sites is 1. The topological polar surface area (TPSA) is 39.4 Å². The van der Waals surface area contributed by atoms with Crippen LogP contribution in [-0.2, 0) is 0 Å². The van der Waals surface area contributed by atoms with Gasteiger partial charge in [-0.15, -0.1) is 0 Å². The summed E-state index contributed by atoms with van der Waals surface area (Å²) in [7, 11) is 0. The van der Waals surface area contributed by atoms with E-state index in [2.05, 4.69) is 6.92 Å². The minimum atomic E-state index is -0.00103. The Bertz CT molecular complexity index is 787. The minimum absolute atomic E-state index is 0.00103. The van der Waals surface area contributed by atoms with Crippen LogP contribution in [0.1, 0.15) is 13.3 Å². The number of fused-ring (bicyclic) bond motifs is 2. The van der Waals surface area contributed by atoms with E-state index in [1.54, 1.807) is 24.3 Å². The van der Waals surface area contributed by atoms with Crippen LogP contribution in [0.5, 0.6) is 5.75 Å². The maximum Gasteiger partial charge on any atom is 0.200 e. The van der Waals surface area contributed by atoms with Crippen molar-refractivity contribution in [3.8, 4) is 5.75 Å². The molecule has 0 bridgehead atoms. The molecule has 3 aromatic rings. The summed E-state index contributed by atoms with van der Waals surface area (Å²) in [5.74, 6) is 0.729. The van der Waals surface area contributed by atoms with E-state index in [1.807, 2.05) is 18.2 Å². The molecular formula is C16H14O3. The Morgan fingerprint density at radius 2 is 1.84 bits per heavy atom. The van der Waals surface area contributed by atoms with E-state index in [4.69, 9.17) is 9.15 Å². The van der Waals surface area contributed by atoms with Gasteiger partial charge in [0.15, 0.2) is 0 Å². The summed E-state index contributed by atoms with van der Waals surface area (Å²) in [5, 5.41) is 1.19. The maximum atomic E-state index is 12.3. The first-order valence-electron chi connectivity index (χ1n) is 6.38. The van der Waals surface area contributed by atoms with Crippen molar-refractivity contribution < 1.29 is 9.15 Å². The van der Waals surface area contributed by atoms with Gasteiger partial charge in [0.25, 0.3) is 0 Å². The van der Waals surface area contributed by atoms with E-state index >= 15 is 0 Å². The lowest BCUT2D eigenvalue weighted by Gasteiger charge is -2.06. The molecule has 0 radical (unpaired) electrons. The molecule has 0 saturated heterocycles. The Morgan fingerprint density at radius 3 is 2.68 bits per heavy atom. The standard InChI is InChI=1S/C16H14O3/c1-2-9-18-11-7-8-13-15(10-11)19-14-6-4-3-5-12(14)16(13)17/h3-8,10H,2,9H2,1H3. The molecule has 0 unspecified atom stereocenters. The first-order chi connectivity index (χ1) is 9.29. The highest BCUT2D eigenvalue weighted by Crippen LogP contribution is 2.22. The van der Waals surface area contributed by atoms with E-state index < -0.39 is 0 Å². The predicted octanol–water partition coefficient (Wildman–Crippen LogP) is 3.74. The molecule has 3 heteroatoms. The zero-order valence-corrected chi connectivity index (χ0v) is 10.7. The molecule has 0 N–H and O–H groups in total. The van der Waals surface area contributed by atoms with Gasteiger partial charge in [-0.3, -0.25) is 4.79 Å². The molecular weight excluding hydrogens is 240 g/mol. The number of rotatable bonds is 3. The van der Waals surface area contributed by atoms with E-state index in [1.165, 1.54) is 0 Å². The predicted molar refractivity (Wildman–Crippen MR) is 75.8 cm³/mol. The van der Waals surface area contributed by atoms with Crippen molar-refractivity contribution in [2.45, 2.75) is 13.3 Å². The molecule has 3 rings (SSSR count). The van der Waals surface area contributed by atoms with Gasteiger partial charge in [-0.2, -0.15) is 0 Å². The smallest absolute Gasteiger partial charge is 0.200 e. The van der Waals surface area contributed by atoms with Crippen molar-refractivity contribution in [2.75, 3.05) is 6.61 Å². The van der Waals surface area contributed by atoms with Crippen LogP contribution in [0.4, 0.5) is 0 Å². The van der Waals surface area contributed by atoms with Crippen molar-refractivity contribution in [3.05, 3.63) is 52.7 Å². The molecule has 96 valence electrons. The van der Waals surface area contributed by atoms with Crippen LogP contribution in [0.15, 0.2) is 51.7 Å². The highest BCUT2D eigenvalue weighted by molar-refractivity contribution is 5.90. The van der Waals surface area contributed by atoms with E-state index in [0.29, 0.717) is 28.5 Å². The molecule has 1 aromatic heterocycles. The molecule has 19 heavy (non-hydrogen) atoms. The molecule has 0 aliphatic heterocycles. The van der Waals surface area contributed by atoms with Gasteiger partial charge in [-0.05, 0) is 30.7 Å². The second kappa shape index (κ2) is 4.76. The van der Waals surface area contributed by atoms with Gasteiger partial charge < -0.3 is 9.15 Å². The lowest BCUT2D eigenvalue weighted by molar-refractivity contribution is 0.317. The monoisotopic (exact) mass is 254 g/mol. The zero-order valence-electron chi connectivity index (χ0n) is 10.7. The van der Waals surface area contributed by atoms with Crippen molar-refractivity contribution in [1.82, 2.24) is 0 Å². The van der Waals surface area contributed by atoms with Crippen LogP contribution in [0.3, 0.4) is 0 Å². The van der Waals surface area contributed by atoms with Gasteiger partial charge in [0.2, 0.25) is 5.43 Å². The lowest BCUT2D eigenvalue weighted by atomic mass is 10.1. The van der Waals surface area contributed by atoms with Crippen LogP contribution < -0.4 is 10.2 Å². The van der Waals surface area contributed by atoms with Crippen molar-refractivity contribution in [3.63, 3.8) is 0 Å². The fourth-order valence-corrected chi connectivity index (χ4v) is 2.09. The molecule has 2 aromatic carbocycles. The van der Waals surface area contributed by atoms with E-state index in [0.717, 1.165) is 12.2 Å². The molecule has 3 nitrogen and oxygen atoms in total. The number of benzene rings is 2. The summed E-state index contributed by atoms with van der Waals surface area (Å²) in [6.45, 7) is 2.71. The molecule has 0 spiro atoms. The van der Waals surface area contributed by atoms with Crippen LogP contribution >= 0.6 is 0 Å². The summed E-state index contributed by atoms with van der Waals surface area (Å²) < 4.78 is 11.3. The zero-order chi connectivity index (χ0) is 13.2. The van der Waals surface area contributed by atoms with Gasteiger partial charge >= 0.3 is 0 Å². The molecule has 1 heterocycles. The average Bonchev–Trinajstić information content (AvgIpc) is 2.45. The van der Waals surface area contributed by atoms with E-state index in [-0.39, 0.29) is 5.43 Å². The molecule has 0 saturated carbocycles. The normalized spacial score (nSPS) is 11.0. The average molecular weight is 254 g/mol. The number of hydrogen-bond donors (Lipinski definition) is 0. The summed E-state index contributed by atoms with van der Waals surface area (Å²) in [6.07, 6.45) is 0.944. The largest absolute Gasteiger partial charge is 0.493 e. The molecule has 0 atom stereocenters. The lowest BCUT2D eigenvalue weighted by Crippen LogP contribution is -2.02. The molecule has 0 aliphatic carbocycles. The Kier molecular flexibility index (Phi) is 2.95. The Morgan fingerprint density at radius 1 is 1.05 bits per heavy atom. The quantitative estimate of drug-likeness (QED) is 0.668. The number of ether oxygens (including phenoxy) is 1. The fraction of sp³-hybridized carbons (Fsp3) is 0.188. The molecule has 0 amide bonds. The summed E-state index contributed by atoms with van der Waals surface area (Å²) in [6, 6.07) is 12.6. The Hall–Kier alpha value is -2.29. The third kappa shape index (κ3) is 2.08. The third-order valence-corrected chi connectivity index (χ3v) is 3.02. The number of hydrogen-bond acceptors (Lipinski definition) is 3. The third-order valence-electron chi connectivity index (χ3n) is 3.02. The van der Waals surface area contributed by atoms with Crippen molar-refractivity contribution in [2.24, 2.45) is 0 Å². The second-order valence-corrected chi connectivity index (χ2v) is 4.43. The second-order valence-electron chi connectivity index (χ2n) is 4.43. The molecule has 0 aliphatic rings. The Labute approximate surface area is 110 Å². The van der Waals surface area contributed by atoms with Gasteiger partial charge in [-0.25, -0.2) is 0 Å². The van der Waals surface area contributed by atoms with Gasteiger partial charge in [0, 0.05) is 6.07 Å². The summed E-state index contributed by atoms with van der Waals surface area (Å²) in [5.41, 5.74) is 1.17. The van der Waals surface area contributed by atoms with Crippen LogP contribution in [0, 0.1) is 0 Å². The van der Waals surface area contributed by atoms with Crippen LogP contribution in [0.2, 0.25) is 0 Å². The first-order valence-corrected chi connectivity index (χ1v) is 6.38. The van der Waals surface area contributed by atoms with Crippen LogP contribution in [-0.4, -0.2) is 6.61 Å². The van der Waals surface area contributed by atoms with Crippen molar-refractivity contribution >= 4 is 21.9 Å². The van der Waals surface area contributed by atoms with Gasteiger partial charge in [0.05, 0.1) is 17.4 Å². The highest BCUT2D eigenvalue weighted by Gasteiger charge is 2.07. The maximum absolute atomic E-state index is 12.3. The van der Waals surface area contributed by atoms with Gasteiger partial charge in [-0.1, -0.05) is 19.1 Å². The molecule has 0 fully saturated rings. The van der Waals surface area contributed by atoms with Gasteiger partial charge in [0.1, 0.15) is 16.9 Å². The Balaban J connectivity index is 2.23. The summed E-state index contributed by atoms with van der Waals surface area (Å²) in [4.78, 5) is 12.3. The first kappa shape index (κ1) is 11.8. The fourth-order valence-electron chi connectivity index (χ4n) is 2.09. The van der Waals surface area contributed by atoms with Crippen LogP contribution in [0.25, 0.3) is 21.9 Å². The summed E-state index contributed by atoms with van der Waals surface area (Å²) >= 11 is 0. The minimum Gasteiger partial charge on any atom is -0.493 e. The highest BCUT2D eigenvalue weighted by atomic mass is 16.5. The van der Waals surface area contributed by atoms with E-state index in [9.17, 15) is 4.79 Å².